The summed E-state index contributed by atoms with van der Waals surface area (Å²) in [5, 5.41) is 5.30. The van der Waals surface area contributed by atoms with E-state index in [9.17, 15) is 19.2 Å². The normalized spacial score (nSPS) is 19.4. The first kappa shape index (κ1) is 30.9. The second-order valence-electron chi connectivity index (χ2n) is 11.1. The number of hydrogen-bond acceptors (Lipinski definition) is 7. The van der Waals surface area contributed by atoms with E-state index in [0.29, 0.717) is 19.3 Å². The van der Waals surface area contributed by atoms with Gasteiger partial charge >= 0.3 is 18.2 Å². The van der Waals surface area contributed by atoms with Gasteiger partial charge in [-0.05, 0) is 73.3 Å². The van der Waals surface area contributed by atoms with Crippen LogP contribution >= 0.6 is 0 Å². The Hall–Kier alpha value is -3.30. The summed E-state index contributed by atoms with van der Waals surface area (Å²) in [6.07, 6.45) is -0.130. The largest absolute Gasteiger partial charge is 0.463 e. The standard InChI is InChI=1S/C28H43N3O7/c1-18(2)31(27(35)38-28(5,6)7)21-13-14-23(22(15-21)25(33)37-19(3)4)30-24(32)16-29-26(34)36-17-20-11-9-8-10-12-20/h8-12,18-19,21-23H,13-17H2,1-7H3,(H,29,34)(H,30,32)/t21-,22-,23+/m1/s1. The predicted octanol–water partition coefficient (Wildman–Crippen LogP) is 4.16. The average Bonchev–Trinajstić information content (AvgIpc) is 2.81. The van der Waals surface area contributed by atoms with E-state index in [2.05, 4.69) is 10.6 Å². The summed E-state index contributed by atoms with van der Waals surface area (Å²) in [5.74, 6) is -1.53. The molecule has 0 unspecified atom stereocenters. The minimum absolute atomic E-state index is 0.0887. The number of hydrogen-bond donors (Lipinski definition) is 2. The van der Waals surface area contributed by atoms with Crippen LogP contribution in [0.1, 0.15) is 73.3 Å². The van der Waals surface area contributed by atoms with Crippen LogP contribution in [-0.4, -0.2) is 65.3 Å². The number of carbonyl (C=O) groups is 4. The molecule has 0 aliphatic heterocycles. The van der Waals surface area contributed by atoms with E-state index in [-0.39, 0.29) is 31.3 Å². The number of ether oxygens (including phenoxy) is 3. The minimum Gasteiger partial charge on any atom is -0.463 e. The summed E-state index contributed by atoms with van der Waals surface area (Å²) in [6.45, 7) is 12.6. The van der Waals surface area contributed by atoms with Gasteiger partial charge in [0.1, 0.15) is 18.8 Å². The molecule has 1 aliphatic carbocycles. The summed E-state index contributed by atoms with van der Waals surface area (Å²) < 4.78 is 16.2. The van der Waals surface area contributed by atoms with Gasteiger partial charge in [0.15, 0.2) is 0 Å². The Morgan fingerprint density at radius 1 is 1.03 bits per heavy atom. The van der Waals surface area contributed by atoms with Gasteiger partial charge in [0.05, 0.1) is 12.0 Å². The monoisotopic (exact) mass is 533 g/mol. The minimum atomic E-state index is -0.714. The first-order valence-electron chi connectivity index (χ1n) is 13.2. The van der Waals surface area contributed by atoms with Crippen molar-refractivity contribution in [3.8, 4) is 0 Å². The van der Waals surface area contributed by atoms with Gasteiger partial charge in [-0.15, -0.1) is 0 Å². The number of alkyl carbamates (subject to hydrolysis) is 1. The fourth-order valence-electron chi connectivity index (χ4n) is 4.43. The van der Waals surface area contributed by atoms with Gasteiger partial charge < -0.3 is 29.7 Å². The van der Waals surface area contributed by atoms with E-state index in [4.69, 9.17) is 14.2 Å². The molecule has 0 spiro atoms. The van der Waals surface area contributed by atoms with Gasteiger partial charge in [-0.25, -0.2) is 9.59 Å². The molecule has 1 aromatic rings. The molecule has 1 aliphatic rings. The molecular formula is C28H43N3O7. The lowest BCUT2D eigenvalue weighted by atomic mass is 9.80. The van der Waals surface area contributed by atoms with E-state index in [1.807, 2.05) is 65.0 Å². The molecule has 3 atom stereocenters. The van der Waals surface area contributed by atoms with E-state index < -0.39 is 41.6 Å². The number of nitrogens with zero attached hydrogens (tertiary/aromatic N) is 1. The molecule has 10 nitrogen and oxygen atoms in total. The van der Waals surface area contributed by atoms with E-state index >= 15 is 0 Å². The number of rotatable bonds is 9. The maximum Gasteiger partial charge on any atom is 0.410 e. The molecule has 1 saturated carbocycles. The molecule has 0 radical (unpaired) electrons. The van der Waals surface area contributed by atoms with Gasteiger partial charge in [-0.2, -0.15) is 0 Å². The molecule has 38 heavy (non-hydrogen) atoms. The van der Waals surface area contributed by atoms with Gasteiger partial charge in [-0.1, -0.05) is 30.3 Å². The summed E-state index contributed by atoms with van der Waals surface area (Å²) >= 11 is 0. The van der Waals surface area contributed by atoms with Crippen LogP contribution in [0.3, 0.4) is 0 Å². The lowest BCUT2D eigenvalue weighted by molar-refractivity contribution is -0.155. The summed E-state index contributed by atoms with van der Waals surface area (Å²) in [7, 11) is 0. The Balaban J connectivity index is 2.01. The number of nitrogens with one attached hydrogen (secondary N) is 2. The van der Waals surface area contributed by atoms with Crippen molar-refractivity contribution in [1.29, 1.82) is 0 Å². The van der Waals surface area contributed by atoms with Crippen LogP contribution in [0, 0.1) is 5.92 Å². The topological polar surface area (TPSA) is 123 Å². The number of carbonyl (C=O) groups excluding carboxylic acids is 4. The zero-order valence-corrected chi connectivity index (χ0v) is 23.6. The van der Waals surface area contributed by atoms with Crippen molar-refractivity contribution in [2.45, 2.75) is 104 Å². The molecule has 2 rings (SSSR count). The zero-order valence-electron chi connectivity index (χ0n) is 23.6. The van der Waals surface area contributed by atoms with Crippen molar-refractivity contribution in [3.05, 3.63) is 35.9 Å². The van der Waals surface area contributed by atoms with Crippen LogP contribution in [0.4, 0.5) is 9.59 Å². The number of esters is 1. The summed E-state index contributed by atoms with van der Waals surface area (Å²) in [5.41, 5.74) is 0.179. The van der Waals surface area contributed by atoms with Gasteiger partial charge in [0.25, 0.3) is 0 Å². The van der Waals surface area contributed by atoms with Crippen molar-refractivity contribution in [2.24, 2.45) is 5.92 Å². The molecule has 10 heteroatoms. The Labute approximate surface area is 225 Å². The van der Waals surface area contributed by atoms with Crippen LogP contribution < -0.4 is 10.6 Å². The zero-order chi connectivity index (χ0) is 28.5. The first-order chi connectivity index (χ1) is 17.8. The second kappa shape index (κ2) is 14.0. The first-order valence-corrected chi connectivity index (χ1v) is 13.2. The van der Waals surface area contributed by atoms with Gasteiger partial charge in [0, 0.05) is 18.1 Å². The summed E-state index contributed by atoms with van der Waals surface area (Å²) in [4.78, 5) is 52.3. The third-order valence-electron chi connectivity index (χ3n) is 5.98. The number of amides is 3. The van der Waals surface area contributed by atoms with Gasteiger partial charge in [0.2, 0.25) is 5.91 Å². The molecule has 212 valence electrons. The van der Waals surface area contributed by atoms with Crippen LogP contribution in [0.25, 0.3) is 0 Å². The fourth-order valence-corrected chi connectivity index (χ4v) is 4.43. The van der Waals surface area contributed by atoms with Crippen LogP contribution in [0.2, 0.25) is 0 Å². The Bertz CT molecular complexity index is 944. The van der Waals surface area contributed by atoms with Crippen molar-refractivity contribution in [3.63, 3.8) is 0 Å². The SMILES string of the molecule is CC(C)OC(=O)[C@@H]1C[C@H](N(C(=O)OC(C)(C)C)C(C)C)CC[C@@H]1NC(=O)CNC(=O)OCc1ccccc1. The van der Waals surface area contributed by atoms with E-state index in [1.165, 1.54) is 0 Å². The third kappa shape index (κ3) is 10.2. The quantitative estimate of drug-likeness (QED) is 0.361. The molecule has 1 fully saturated rings. The lowest BCUT2D eigenvalue weighted by Gasteiger charge is -2.42. The predicted molar refractivity (Wildman–Crippen MR) is 142 cm³/mol. The lowest BCUT2D eigenvalue weighted by Crippen LogP contribution is -2.55. The highest BCUT2D eigenvalue weighted by atomic mass is 16.6. The smallest absolute Gasteiger partial charge is 0.410 e. The Morgan fingerprint density at radius 3 is 2.26 bits per heavy atom. The van der Waals surface area contributed by atoms with E-state index in [1.54, 1.807) is 18.7 Å². The van der Waals surface area contributed by atoms with Crippen molar-refractivity contribution in [2.75, 3.05) is 6.54 Å². The highest BCUT2D eigenvalue weighted by molar-refractivity contribution is 5.83. The maximum atomic E-state index is 13.0. The molecular weight excluding hydrogens is 490 g/mol. The van der Waals surface area contributed by atoms with Crippen molar-refractivity contribution < 1.29 is 33.4 Å². The highest BCUT2D eigenvalue weighted by Crippen LogP contribution is 2.31. The van der Waals surface area contributed by atoms with E-state index in [0.717, 1.165) is 5.56 Å². The molecule has 2 N–H and O–H groups in total. The Morgan fingerprint density at radius 2 is 1.68 bits per heavy atom. The average molecular weight is 534 g/mol. The molecule has 1 aromatic carbocycles. The molecule has 0 heterocycles. The maximum absolute atomic E-state index is 13.0. The molecule has 0 saturated heterocycles. The van der Waals surface area contributed by atoms with Crippen molar-refractivity contribution in [1.82, 2.24) is 15.5 Å². The number of benzene rings is 1. The summed E-state index contributed by atoms with van der Waals surface area (Å²) in [6, 6.07) is 8.30. The van der Waals surface area contributed by atoms with Crippen molar-refractivity contribution >= 4 is 24.1 Å². The Kier molecular flexibility index (Phi) is 11.4. The highest BCUT2D eigenvalue weighted by Gasteiger charge is 2.42. The molecule has 0 bridgehead atoms. The van der Waals surface area contributed by atoms with Crippen LogP contribution in [0.15, 0.2) is 30.3 Å². The fraction of sp³-hybridized carbons (Fsp3) is 0.643. The molecule has 3 amide bonds. The third-order valence-corrected chi connectivity index (χ3v) is 5.98. The molecule has 0 aromatic heterocycles. The van der Waals surface area contributed by atoms with Crippen LogP contribution in [-0.2, 0) is 30.4 Å². The van der Waals surface area contributed by atoms with Gasteiger partial charge in [-0.3, -0.25) is 9.59 Å². The van der Waals surface area contributed by atoms with Crippen LogP contribution in [0.5, 0.6) is 0 Å². The second-order valence-corrected chi connectivity index (χ2v) is 11.1.